The van der Waals surface area contributed by atoms with Gasteiger partial charge in [-0.05, 0) is 17.7 Å². The van der Waals surface area contributed by atoms with Crippen molar-refractivity contribution in [2.75, 3.05) is 0 Å². The van der Waals surface area contributed by atoms with Crippen LogP contribution in [0.25, 0.3) is 11.3 Å². The topological polar surface area (TPSA) is 8.91 Å². The summed E-state index contributed by atoms with van der Waals surface area (Å²) < 4.78 is 4.53. The van der Waals surface area contributed by atoms with Crippen molar-refractivity contribution in [2.45, 2.75) is 0 Å². The lowest BCUT2D eigenvalue weighted by atomic mass is 9.87. The van der Waals surface area contributed by atoms with Crippen molar-refractivity contribution < 1.29 is 4.24 Å². The van der Waals surface area contributed by atoms with Gasteiger partial charge in [0.15, 0.2) is 18.6 Å². The summed E-state index contributed by atoms with van der Waals surface area (Å²) in [4.78, 5) is 0. The average Bonchev–Trinajstić information content (AvgIpc) is 2.82. The minimum atomic E-state index is 0.277. The molecule has 2 aromatic rings. The van der Waals surface area contributed by atoms with E-state index in [2.05, 4.69) is 100 Å². The summed E-state index contributed by atoms with van der Waals surface area (Å²) in [5.74, 6) is 0.277. The normalized spacial score (nSPS) is 20.2. The highest BCUT2D eigenvalue weighted by Gasteiger charge is 2.34. The van der Waals surface area contributed by atoms with Gasteiger partial charge in [-0.3, -0.25) is 0 Å². The molecule has 1 unspecified atom stereocenters. The van der Waals surface area contributed by atoms with E-state index < -0.39 is 0 Å². The van der Waals surface area contributed by atoms with E-state index >= 15 is 0 Å². The van der Waals surface area contributed by atoms with Crippen LogP contribution in [-0.2, 0) is 0 Å². The van der Waals surface area contributed by atoms with Gasteiger partial charge in [0.25, 0.3) is 11.0 Å². The van der Waals surface area contributed by atoms with Crippen LogP contribution in [-0.4, -0.2) is 0 Å². The molecule has 0 spiro atoms. The summed E-state index contributed by atoms with van der Waals surface area (Å²) in [5.41, 5.74) is 2.69. The molecule has 1 aromatic heterocycles. The summed E-state index contributed by atoms with van der Waals surface area (Å²) in [6.45, 7) is 0. The van der Waals surface area contributed by atoms with Crippen LogP contribution in [0.1, 0.15) is 0 Å². The fourth-order valence-corrected chi connectivity index (χ4v) is 3.71. The molecule has 2 heteroatoms. The molecule has 0 bridgehead atoms. The first-order valence-electron chi connectivity index (χ1n) is 7.93. The minimum Gasteiger partial charge on any atom is -0.161 e. The van der Waals surface area contributed by atoms with Gasteiger partial charge in [0.1, 0.15) is 0 Å². The molecule has 0 saturated carbocycles. The van der Waals surface area contributed by atoms with Gasteiger partial charge in [-0.25, -0.2) is 0 Å². The van der Waals surface area contributed by atoms with E-state index in [4.69, 9.17) is 0 Å². The molecule has 1 aliphatic carbocycles. The maximum absolute atomic E-state index is 2.34. The highest BCUT2D eigenvalue weighted by Crippen LogP contribution is 2.27. The van der Waals surface area contributed by atoms with Gasteiger partial charge in [0.05, 0.1) is 17.2 Å². The van der Waals surface area contributed by atoms with Gasteiger partial charge in [0, 0.05) is 18.2 Å². The van der Waals surface area contributed by atoms with Gasteiger partial charge >= 0.3 is 0 Å². The van der Waals surface area contributed by atoms with Gasteiger partial charge in [0.2, 0.25) is 5.36 Å². The quantitative estimate of drug-likeness (QED) is 0.634. The SMILES string of the molecule is C1=CC2=c3ccccc3=[N+]3C=CC=[n+]4ccccc4=C3C2C=C1. The molecule has 0 saturated heterocycles. The van der Waals surface area contributed by atoms with Crippen molar-refractivity contribution in [1.82, 2.24) is 4.58 Å². The van der Waals surface area contributed by atoms with Crippen molar-refractivity contribution in [2.24, 2.45) is 5.92 Å². The average molecular weight is 296 g/mol. The Labute approximate surface area is 134 Å². The molecule has 1 atom stereocenters. The van der Waals surface area contributed by atoms with Crippen LogP contribution in [0.4, 0.5) is 0 Å². The third-order valence-corrected chi connectivity index (χ3v) is 4.69. The molecular formula is C21H16N2+2. The molecule has 2 aliphatic heterocycles. The molecule has 5 rings (SSSR count). The zero-order valence-corrected chi connectivity index (χ0v) is 12.6. The largest absolute Gasteiger partial charge is 0.279 e. The van der Waals surface area contributed by atoms with E-state index in [1.165, 1.54) is 27.2 Å². The predicted octanol–water partition coefficient (Wildman–Crippen LogP) is 0.717. The highest BCUT2D eigenvalue weighted by atomic mass is 15.0. The lowest BCUT2D eigenvalue weighted by Crippen LogP contribution is -2.49. The first-order valence-corrected chi connectivity index (χ1v) is 7.93. The number of nitrogens with zero attached hydrogens (tertiary/aromatic N) is 2. The minimum absolute atomic E-state index is 0.277. The Morgan fingerprint density at radius 1 is 0.870 bits per heavy atom. The van der Waals surface area contributed by atoms with Gasteiger partial charge in [-0.2, -0.15) is 8.82 Å². The standard InChI is InChI=1S/C21H16N2/c1-2-10-18-16(8-1)17-9-3-4-11-19(17)23-15-7-14-22-13-6-5-12-20(22)21(18)23/h1-15,18H/q+2. The molecular weight excluding hydrogens is 280 g/mol. The summed E-state index contributed by atoms with van der Waals surface area (Å²) in [7, 11) is 0. The number of hydrogen-bond donors (Lipinski definition) is 0. The first-order chi connectivity index (χ1) is 11.4. The number of aromatic nitrogens is 1. The summed E-state index contributed by atoms with van der Waals surface area (Å²) in [5, 5.41) is 3.79. The Morgan fingerprint density at radius 3 is 2.78 bits per heavy atom. The second-order valence-electron chi connectivity index (χ2n) is 5.93. The van der Waals surface area contributed by atoms with E-state index in [0.717, 1.165) is 0 Å². The summed E-state index contributed by atoms with van der Waals surface area (Å²) in [6.07, 6.45) is 17.3. The van der Waals surface area contributed by atoms with Gasteiger partial charge in [-0.1, -0.05) is 36.4 Å². The van der Waals surface area contributed by atoms with Crippen LogP contribution in [0.3, 0.4) is 0 Å². The van der Waals surface area contributed by atoms with E-state index in [1.807, 2.05) is 0 Å². The van der Waals surface area contributed by atoms with Gasteiger partial charge < -0.3 is 0 Å². The molecule has 0 fully saturated rings. The zero-order valence-electron chi connectivity index (χ0n) is 12.6. The Bertz CT molecular complexity index is 1160. The predicted molar refractivity (Wildman–Crippen MR) is 90.6 cm³/mol. The lowest BCUT2D eigenvalue weighted by Gasteiger charge is -2.19. The van der Waals surface area contributed by atoms with Crippen LogP contribution in [0.5, 0.6) is 0 Å². The van der Waals surface area contributed by atoms with E-state index in [-0.39, 0.29) is 5.92 Å². The monoisotopic (exact) mass is 296 g/mol. The molecule has 1 aromatic carbocycles. The molecule has 0 amide bonds. The van der Waals surface area contributed by atoms with Crippen LogP contribution < -0.4 is 24.7 Å². The number of hydrogen-bond acceptors (Lipinski definition) is 0. The van der Waals surface area contributed by atoms with E-state index in [9.17, 15) is 0 Å². The second kappa shape index (κ2) is 4.75. The number of allylic oxidation sites excluding steroid dienone is 4. The molecule has 23 heavy (non-hydrogen) atoms. The van der Waals surface area contributed by atoms with Crippen LogP contribution in [0, 0.1) is 12.1 Å². The van der Waals surface area contributed by atoms with Crippen LogP contribution in [0.2, 0.25) is 0 Å². The maximum atomic E-state index is 2.34. The Balaban J connectivity index is 2.10. The number of fused-ring (bicyclic) bond motifs is 5. The maximum Gasteiger partial charge on any atom is 0.279 e. The number of rotatable bonds is 0. The Hall–Kier alpha value is -3.00. The highest BCUT2D eigenvalue weighted by molar-refractivity contribution is 5.76. The van der Waals surface area contributed by atoms with Crippen molar-refractivity contribution in [1.29, 1.82) is 0 Å². The number of para-hydroxylation sites is 1. The van der Waals surface area contributed by atoms with Crippen molar-refractivity contribution in [3.63, 3.8) is 0 Å². The lowest BCUT2D eigenvalue weighted by molar-refractivity contribution is -0.522. The first kappa shape index (κ1) is 12.5. The van der Waals surface area contributed by atoms with Crippen molar-refractivity contribution in [3.8, 4) is 0 Å². The molecule has 2 nitrogen and oxygen atoms in total. The Kier molecular flexibility index (Phi) is 2.59. The summed E-state index contributed by atoms with van der Waals surface area (Å²) >= 11 is 0. The molecule has 3 aliphatic rings. The van der Waals surface area contributed by atoms with E-state index in [1.54, 1.807) is 0 Å². The molecule has 0 radical (unpaired) electrons. The third-order valence-electron chi connectivity index (χ3n) is 4.69. The summed E-state index contributed by atoms with van der Waals surface area (Å²) in [6, 6.07) is 15.0. The van der Waals surface area contributed by atoms with E-state index in [0.29, 0.717) is 0 Å². The molecule has 108 valence electrons. The zero-order chi connectivity index (χ0) is 15.2. The third kappa shape index (κ3) is 1.75. The number of benzene rings is 1. The van der Waals surface area contributed by atoms with Gasteiger partial charge in [-0.15, -0.1) is 0 Å². The molecule has 0 N–H and O–H groups in total. The van der Waals surface area contributed by atoms with Crippen LogP contribution in [0.15, 0.2) is 85.2 Å². The number of pyridine rings is 1. The Morgan fingerprint density at radius 2 is 1.78 bits per heavy atom. The van der Waals surface area contributed by atoms with Crippen LogP contribution >= 0.6 is 0 Å². The van der Waals surface area contributed by atoms with Crippen molar-refractivity contribution >= 4 is 11.3 Å². The van der Waals surface area contributed by atoms with Crippen molar-refractivity contribution in [3.05, 3.63) is 107 Å². The molecule has 3 heterocycles. The fraction of sp³-hybridized carbons (Fsp3) is 0.0476. The fourth-order valence-electron chi connectivity index (χ4n) is 3.71. The smallest absolute Gasteiger partial charge is 0.161 e. The second-order valence-corrected chi connectivity index (χ2v) is 5.93.